The molecule has 0 aliphatic heterocycles. The fourth-order valence-electron chi connectivity index (χ4n) is 1.39. The molecule has 0 bridgehead atoms. The van der Waals surface area contributed by atoms with Gasteiger partial charge in [-0.1, -0.05) is 22.9 Å². The molecule has 0 fully saturated rings. The predicted octanol–water partition coefficient (Wildman–Crippen LogP) is 2.85. The van der Waals surface area contributed by atoms with E-state index in [2.05, 4.69) is 4.98 Å². The Kier molecular flexibility index (Phi) is 2.98. The third-order valence-corrected chi connectivity index (χ3v) is 3.43. The molecule has 2 rings (SSSR count). The van der Waals surface area contributed by atoms with Gasteiger partial charge < -0.3 is 5.73 Å². The first kappa shape index (κ1) is 11.2. The molecule has 1 aromatic carbocycles. The second kappa shape index (κ2) is 4.27. The molecule has 0 spiro atoms. The molecule has 0 saturated carbocycles. The van der Waals surface area contributed by atoms with Gasteiger partial charge in [-0.2, -0.15) is 0 Å². The molecule has 0 unspecified atom stereocenters. The van der Waals surface area contributed by atoms with E-state index in [9.17, 15) is 4.79 Å². The summed E-state index contributed by atoms with van der Waals surface area (Å²) in [6.07, 6.45) is 0. The Hall–Kier alpha value is -1.33. The van der Waals surface area contributed by atoms with Gasteiger partial charge in [-0.3, -0.25) is 4.90 Å². The SMILES string of the molecule is CCN(C(N)=O)c1nc2ccc(Cl)cc2s1. The summed E-state index contributed by atoms with van der Waals surface area (Å²) in [6, 6.07) is 4.93. The lowest BCUT2D eigenvalue weighted by Gasteiger charge is -2.13. The monoisotopic (exact) mass is 255 g/mol. The number of amides is 2. The van der Waals surface area contributed by atoms with E-state index < -0.39 is 6.03 Å². The van der Waals surface area contributed by atoms with Crippen molar-refractivity contribution in [2.75, 3.05) is 11.4 Å². The molecule has 2 aromatic rings. The van der Waals surface area contributed by atoms with Crippen molar-refractivity contribution >= 4 is 44.3 Å². The van der Waals surface area contributed by atoms with Gasteiger partial charge in [0.2, 0.25) is 0 Å². The minimum atomic E-state index is -0.493. The van der Waals surface area contributed by atoms with Crippen molar-refractivity contribution in [1.29, 1.82) is 0 Å². The smallest absolute Gasteiger partial charge is 0.321 e. The number of urea groups is 1. The fourth-order valence-corrected chi connectivity index (χ4v) is 2.70. The molecule has 0 aliphatic carbocycles. The van der Waals surface area contributed by atoms with Crippen molar-refractivity contribution in [3.8, 4) is 0 Å². The highest BCUT2D eigenvalue weighted by Crippen LogP contribution is 2.30. The molecule has 0 saturated heterocycles. The number of benzene rings is 1. The van der Waals surface area contributed by atoms with E-state index in [4.69, 9.17) is 17.3 Å². The van der Waals surface area contributed by atoms with Crippen LogP contribution in [0.25, 0.3) is 10.2 Å². The Morgan fingerprint density at radius 1 is 1.62 bits per heavy atom. The number of rotatable bonds is 2. The zero-order valence-corrected chi connectivity index (χ0v) is 10.2. The van der Waals surface area contributed by atoms with E-state index in [1.54, 1.807) is 6.07 Å². The quantitative estimate of drug-likeness (QED) is 0.897. The number of hydrogen-bond acceptors (Lipinski definition) is 3. The zero-order valence-electron chi connectivity index (χ0n) is 8.61. The van der Waals surface area contributed by atoms with Gasteiger partial charge in [-0.05, 0) is 25.1 Å². The topological polar surface area (TPSA) is 59.2 Å². The summed E-state index contributed by atoms with van der Waals surface area (Å²) >= 11 is 7.28. The highest BCUT2D eigenvalue weighted by Gasteiger charge is 2.14. The van der Waals surface area contributed by atoms with Crippen LogP contribution in [0.1, 0.15) is 6.92 Å². The number of halogens is 1. The number of carbonyl (C=O) groups is 1. The van der Waals surface area contributed by atoms with E-state index in [1.165, 1.54) is 16.2 Å². The molecule has 1 heterocycles. The Bertz CT molecular complexity index is 540. The first-order valence-electron chi connectivity index (χ1n) is 4.75. The molecule has 2 amide bonds. The molecule has 0 aliphatic rings. The van der Waals surface area contributed by atoms with E-state index in [-0.39, 0.29) is 0 Å². The number of aromatic nitrogens is 1. The molecule has 84 valence electrons. The third kappa shape index (κ3) is 1.96. The molecular formula is C10H10ClN3OS. The first-order valence-corrected chi connectivity index (χ1v) is 5.94. The molecular weight excluding hydrogens is 246 g/mol. The first-order chi connectivity index (χ1) is 7.61. The highest BCUT2D eigenvalue weighted by molar-refractivity contribution is 7.22. The van der Waals surface area contributed by atoms with Gasteiger partial charge >= 0.3 is 6.03 Å². The molecule has 0 radical (unpaired) electrons. The molecule has 1 aromatic heterocycles. The molecule has 16 heavy (non-hydrogen) atoms. The molecule has 4 nitrogen and oxygen atoms in total. The summed E-state index contributed by atoms with van der Waals surface area (Å²) in [5.41, 5.74) is 6.08. The van der Waals surface area contributed by atoms with Gasteiger partial charge in [0.15, 0.2) is 5.13 Å². The van der Waals surface area contributed by atoms with Crippen LogP contribution >= 0.6 is 22.9 Å². The number of primary amides is 1. The van der Waals surface area contributed by atoms with Crippen LogP contribution in [0.2, 0.25) is 5.02 Å². The lowest BCUT2D eigenvalue weighted by molar-refractivity contribution is 0.254. The minimum Gasteiger partial charge on any atom is -0.351 e. The lowest BCUT2D eigenvalue weighted by Crippen LogP contribution is -2.35. The van der Waals surface area contributed by atoms with Crippen LogP contribution < -0.4 is 10.6 Å². The van der Waals surface area contributed by atoms with Crippen LogP contribution in [0, 0.1) is 0 Å². The van der Waals surface area contributed by atoms with Gasteiger partial charge in [-0.25, -0.2) is 9.78 Å². The highest BCUT2D eigenvalue weighted by atomic mass is 35.5. The number of nitrogens with two attached hydrogens (primary N) is 1. The number of thiazole rings is 1. The van der Waals surface area contributed by atoms with Crippen molar-refractivity contribution in [2.45, 2.75) is 6.92 Å². The maximum atomic E-state index is 11.2. The van der Waals surface area contributed by atoms with Crippen LogP contribution in [0.5, 0.6) is 0 Å². The number of hydrogen-bond donors (Lipinski definition) is 1. The average molecular weight is 256 g/mol. The number of nitrogens with zero attached hydrogens (tertiary/aromatic N) is 2. The van der Waals surface area contributed by atoms with E-state index >= 15 is 0 Å². The maximum absolute atomic E-state index is 11.2. The normalized spacial score (nSPS) is 10.6. The second-order valence-corrected chi connectivity index (χ2v) is 4.64. The summed E-state index contributed by atoms with van der Waals surface area (Å²) < 4.78 is 0.946. The van der Waals surface area contributed by atoms with Crippen molar-refractivity contribution in [3.05, 3.63) is 23.2 Å². The Balaban J connectivity index is 2.49. The predicted molar refractivity (Wildman–Crippen MR) is 67.2 cm³/mol. The number of anilines is 1. The van der Waals surface area contributed by atoms with Crippen molar-refractivity contribution < 1.29 is 4.79 Å². The van der Waals surface area contributed by atoms with Crippen molar-refractivity contribution in [3.63, 3.8) is 0 Å². The molecule has 0 atom stereocenters. The summed E-state index contributed by atoms with van der Waals surface area (Å²) in [7, 11) is 0. The Morgan fingerprint density at radius 2 is 2.38 bits per heavy atom. The van der Waals surface area contributed by atoms with E-state index in [0.717, 1.165) is 10.2 Å². The van der Waals surface area contributed by atoms with Gasteiger partial charge in [0.05, 0.1) is 10.2 Å². The second-order valence-electron chi connectivity index (χ2n) is 3.19. The van der Waals surface area contributed by atoms with Crippen molar-refractivity contribution in [1.82, 2.24) is 4.98 Å². The van der Waals surface area contributed by atoms with Gasteiger partial charge in [0, 0.05) is 11.6 Å². The summed E-state index contributed by atoms with van der Waals surface area (Å²) in [5, 5.41) is 1.26. The summed E-state index contributed by atoms with van der Waals surface area (Å²) in [4.78, 5) is 16.9. The van der Waals surface area contributed by atoms with Gasteiger partial charge in [-0.15, -0.1) is 0 Å². The lowest BCUT2D eigenvalue weighted by atomic mass is 10.3. The van der Waals surface area contributed by atoms with E-state index in [0.29, 0.717) is 16.7 Å². The maximum Gasteiger partial charge on any atom is 0.321 e. The van der Waals surface area contributed by atoms with E-state index in [1.807, 2.05) is 19.1 Å². The standard InChI is InChI=1S/C10H10ClN3OS/c1-2-14(9(12)15)10-13-7-4-3-6(11)5-8(7)16-10/h3-5H,2H2,1H3,(H2,12,15). The van der Waals surface area contributed by atoms with Crippen LogP contribution in [0.15, 0.2) is 18.2 Å². The van der Waals surface area contributed by atoms with Crippen molar-refractivity contribution in [2.24, 2.45) is 5.73 Å². The van der Waals surface area contributed by atoms with Crippen LogP contribution in [-0.2, 0) is 0 Å². The van der Waals surface area contributed by atoms with Gasteiger partial charge in [0.1, 0.15) is 0 Å². The number of fused-ring (bicyclic) bond motifs is 1. The number of carbonyl (C=O) groups excluding carboxylic acids is 1. The van der Waals surface area contributed by atoms with Crippen LogP contribution in [-0.4, -0.2) is 17.6 Å². The van der Waals surface area contributed by atoms with Gasteiger partial charge in [0.25, 0.3) is 0 Å². The van der Waals surface area contributed by atoms with Crippen LogP contribution in [0.4, 0.5) is 9.93 Å². The summed E-state index contributed by atoms with van der Waals surface area (Å²) in [6.45, 7) is 2.35. The fraction of sp³-hybridized carbons (Fsp3) is 0.200. The largest absolute Gasteiger partial charge is 0.351 e. The third-order valence-electron chi connectivity index (χ3n) is 2.15. The Labute approximate surface area is 102 Å². The average Bonchev–Trinajstić information content (AvgIpc) is 2.60. The summed E-state index contributed by atoms with van der Waals surface area (Å²) in [5.74, 6) is 0. The molecule has 2 N–H and O–H groups in total. The van der Waals surface area contributed by atoms with Crippen LogP contribution in [0.3, 0.4) is 0 Å². The Morgan fingerprint density at radius 3 is 3.00 bits per heavy atom. The zero-order chi connectivity index (χ0) is 11.7. The molecule has 6 heteroatoms. The minimum absolute atomic E-state index is 0.493.